The molecule has 0 saturated carbocycles. The van der Waals surface area contributed by atoms with Crippen molar-refractivity contribution < 1.29 is 14.4 Å². The Morgan fingerprint density at radius 3 is 2.31 bits per heavy atom. The third-order valence-electron chi connectivity index (χ3n) is 6.39. The number of nitrogens with one attached hydrogen (secondary N) is 1. The number of carbonyl (C=O) groups is 3. The van der Waals surface area contributed by atoms with Crippen LogP contribution in [-0.2, 0) is 22.6 Å². The first kappa shape index (κ1) is 21.9. The number of likely N-dealkylation sites (tertiary alicyclic amines) is 1. The number of anilines is 1. The van der Waals surface area contributed by atoms with Crippen LogP contribution in [-0.4, -0.2) is 64.8 Å². The molecule has 0 spiro atoms. The minimum absolute atomic E-state index is 0.00250. The highest BCUT2D eigenvalue weighted by Crippen LogP contribution is 2.22. The number of benzene rings is 2. The zero-order chi connectivity index (χ0) is 22.5. The predicted molar refractivity (Wildman–Crippen MR) is 123 cm³/mol. The van der Waals surface area contributed by atoms with E-state index in [1.807, 2.05) is 54.6 Å². The van der Waals surface area contributed by atoms with E-state index in [-0.39, 0.29) is 12.1 Å². The van der Waals surface area contributed by atoms with Gasteiger partial charge in [0, 0.05) is 44.5 Å². The lowest BCUT2D eigenvalue weighted by Crippen LogP contribution is -2.59. The molecular formula is C25H30N4O3. The molecule has 7 heteroatoms. The third kappa shape index (κ3) is 4.77. The Kier molecular flexibility index (Phi) is 6.73. The molecule has 0 atom stereocenters. The molecule has 4 rings (SSSR count). The summed E-state index contributed by atoms with van der Waals surface area (Å²) in [6.45, 7) is 4.73. The van der Waals surface area contributed by atoms with E-state index >= 15 is 0 Å². The van der Waals surface area contributed by atoms with E-state index in [1.165, 1.54) is 0 Å². The van der Waals surface area contributed by atoms with Gasteiger partial charge in [0.1, 0.15) is 0 Å². The van der Waals surface area contributed by atoms with E-state index in [0.717, 1.165) is 23.2 Å². The van der Waals surface area contributed by atoms with Crippen LogP contribution in [0.3, 0.4) is 0 Å². The van der Waals surface area contributed by atoms with Crippen molar-refractivity contribution in [2.75, 3.05) is 31.5 Å². The second-order valence-electron chi connectivity index (χ2n) is 8.37. The lowest BCUT2D eigenvalue weighted by atomic mass is 10.0. The molecule has 2 aromatic carbocycles. The maximum absolute atomic E-state index is 12.8. The SMILES string of the molecule is CCc1ccccc1NC(=O)N1CCC(N2CCN(Cc3ccccc3)C(=O)C2=O)CC1. The van der Waals surface area contributed by atoms with E-state index in [9.17, 15) is 14.4 Å². The molecule has 1 N–H and O–H groups in total. The first-order chi connectivity index (χ1) is 15.6. The van der Waals surface area contributed by atoms with Crippen LogP contribution in [0.25, 0.3) is 0 Å². The summed E-state index contributed by atoms with van der Waals surface area (Å²) in [6, 6.07) is 17.4. The van der Waals surface area contributed by atoms with E-state index < -0.39 is 11.8 Å². The molecule has 0 aliphatic carbocycles. The van der Waals surface area contributed by atoms with Crippen LogP contribution in [0, 0.1) is 0 Å². The summed E-state index contributed by atoms with van der Waals surface area (Å²) in [6.07, 6.45) is 2.21. The van der Waals surface area contributed by atoms with E-state index in [4.69, 9.17) is 0 Å². The fourth-order valence-electron chi connectivity index (χ4n) is 4.52. The maximum atomic E-state index is 12.8. The number of nitrogens with zero attached hydrogens (tertiary/aromatic N) is 3. The van der Waals surface area contributed by atoms with Gasteiger partial charge in [-0.15, -0.1) is 0 Å². The number of piperidine rings is 1. The highest BCUT2D eigenvalue weighted by molar-refractivity contribution is 6.35. The van der Waals surface area contributed by atoms with E-state index in [2.05, 4.69) is 12.2 Å². The molecule has 2 heterocycles. The predicted octanol–water partition coefficient (Wildman–Crippen LogP) is 3.12. The van der Waals surface area contributed by atoms with Gasteiger partial charge in [0.05, 0.1) is 0 Å². The molecule has 7 nitrogen and oxygen atoms in total. The Morgan fingerprint density at radius 2 is 1.59 bits per heavy atom. The lowest BCUT2D eigenvalue weighted by Gasteiger charge is -2.42. The smallest absolute Gasteiger partial charge is 0.321 e. The Bertz CT molecular complexity index is 970. The van der Waals surface area contributed by atoms with Gasteiger partial charge in [-0.2, -0.15) is 0 Å². The molecule has 168 valence electrons. The van der Waals surface area contributed by atoms with Gasteiger partial charge < -0.3 is 20.0 Å². The Labute approximate surface area is 189 Å². The number of carbonyl (C=O) groups excluding carboxylic acids is 3. The number of urea groups is 1. The normalized spacial score (nSPS) is 17.6. The summed E-state index contributed by atoms with van der Waals surface area (Å²) in [7, 11) is 0. The number of hydrogen-bond donors (Lipinski definition) is 1. The van der Waals surface area contributed by atoms with Crippen molar-refractivity contribution in [2.45, 2.75) is 38.8 Å². The number of piperazine rings is 1. The number of hydrogen-bond acceptors (Lipinski definition) is 3. The molecule has 0 bridgehead atoms. The number of aryl methyl sites for hydroxylation is 1. The van der Waals surface area contributed by atoms with Crippen LogP contribution in [0.1, 0.15) is 30.9 Å². The molecule has 0 aromatic heterocycles. The number of rotatable bonds is 5. The summed E-state index contributed by atoms with van der Waals surface area (Å²) in [5.74, 6) is -0.858. The Balaban J connectivity index is 1.30. The maximum Gasteiger partial charge on any atom is 0.321 e. The van der Waals surface area contributed by atoms with Crippen molar-refractivity contribution in [3.05, 3.63) is 65.7 Å². The topological polar surface area (TPSA) is 73.0 Å². The summed E-state index contributed by atoms with van der Waals surface area (Å²) < 4.78 is 0. The quantitative estimate of drug-likeness (QED) is 0.735. The van der Waals surface area contributed by atoms with Gasteiger partial charge in [-0.25, -0.2) is 4.79 Å². The van der Waals surface area contributed by atoms with E-state index in [0.29, 0.717) is 45.6 Å². The van der Waals surface area contributed by atoms with Gasteiger partial charge in [-0.1, -0.05) is 55.5 Å². The van der Waals surface area contributed by atoms with Crippen molar-refractivity contribution in [1.82, 2.24) is 14.7 Å². The van der Waals surface area contributed by atoms with Gasteiger partial charge in [0.2, 0.25) is 0 Å². The highest BCUT2D eigenvalue weighted by Gasteiger charge is 2.38. The van der Waals surface area contributed by atoms with Crippen LogP contribution >= 0.6 is 0 Å². The van der Waals surface area contributed by atoms with Crippen molar-refractivity contribution >= 4 is 23.5 Å². The summed E-state index contributed by atoms with van der Waals surface area (Å²) in [5, 5.41) is 3.02. The summed E-state index contributed by atoms with van der Waals surface area (Å²) in [5.41, 5.74) is 2.97. The second-order valence-corrected chi connectivity index (χ2v) is 8.37. The number of para-hydroxylation sites is 1. The molecule has 32 heavy (non-hydrogen) atoms. The molecule has 2 aliphatic rings. The van der Waals surface area contributed by atoms with Crippen LogP contribution in [0.5, 0.6) is 0 Å². The first-order valence-electron chi connectivity index (χ1n) is 11.3. The lowest BCUT2D eigenvalue weighted by molar-refractivity contribution is -0.158. The summed E-state index contributed by atoms with van der Waals surface area (Å²) in [4.78, 5) is 43.3. The molecular weight excluding hydrogens is 404 g/mol. The first-order valence-corrected chi connectivity index (χ1v) is 11.3. The summed E-state index contributed by atoms with van der Waals surface area (Å²) >= 11 is 0. The largest absolute Gasteiger partial charge is 0.330 e. The average molecular weight is 435 g/mol. The van der Waals surface area contributed by atoms with Crippen LogP contribution in [0.2, 0.25) is 0 Å². The second kappa shape index (κ2) is 9.85. The minimum atomic E-state index is -0.434. The van der Waals surface area contributed by atoms with Crippen molar-refractivity contribution in [1.29, 1.82) is 0 Å². The zero-order valence-electron chi connectivity index (χ0n) is 18.5. The standard InChI is InChI=1S/C25H30N4O3/c1-2-20-10-6-7-11-22(20)26-25(32)27-14-12-21(13-15-27)29-17-16-28(23(30)24(29)31)18-19-8-4-3-5-9-19/h3-11,21H,2,12-18H2,1H3,(H,26,32). The van der Waals surface area contributed by atoms with Crippen LogP contribution < -0.4 is 5.32 Å². The zero-order valence-corrected chi connectivity index (χ0v) is 18.5. The van der Waals surface area contributed by atoms with Gasteiger partial charge >= 0.3 is 17.8 Å². The molecule has 2 fully saturated rings. The molecule has 2 aromatic rings. The molecule has 2 aliphatic heterocycles. The third-order valence-corrected chi connectivity index (χ3v) is 6.39. The van der Waals surface area contributed by atoms with Gasteiger partial charge in [-0.3, -0.25) is 9.59 Å². The van der Waals surface area contributed by atoms with Crippen LogP contribution in [0.15, 0.2) is 54.6 Å². The Hall–Kier alpha value is -3.35. The fraction of sp³-hybridized carbons (Fsp3) is 0.400. The van der Waals surface area contributed by atoms with Gasteiger partial charge in [0.15, 0.2) is 0 Å². The number of amides is 4. The molecule has 0 radical (unpaired) electrons. The molecule has 4 amide bonds. The Morgan fingerprint density at radius 1 is 0.906 bits per heavy atom. The molecule has 0 unspecified atom stereocenters. The minimum Gasteiger partial charge on any atom is -0.330 e. The highest BCUT2D eigenvalue weighted by atomic mass is 16.2. The van der Waals surface area contributed by atoms with Crippen molar-refractivity contribution in [3.8, 4) is 0 Å². The van der Waals surface area contributed by atoms with E-state index in [1.54, 1.807) is 14.7 Å². The van der Waals surface area contributed by atoms with Crippen molar-refractivity contribution in [3.63, 3.8) is 0 Å². The van der Waals surface area contributed by atoms with Crippen molar-refractivity contribution in [2.24, 2.45) is 0 Å². The van der Waals surface area contributed by atoms with Crippen LogP contribution in [0.4, 0.5) is 10.5 Å². The fourth-order valence-corrected chi connectivity index (χ4v) is 4.52. The average Bonchev–Trinajstić information content (AvgIpc) is 2.83. The monoisotopic (exact) mass is 434 g/mol. The molecule has 2 saturated heterocycles. The van der Waals surface area contributed by atoms with Gasteiger partial charge in [0.25, 0.3) is 0 Å². The van der Waals surface area contributed by atoms with Gasteiger partial charge in [-0.05, 0) is 36.5 Å².